The molecule has 4 aromatic carbocycles. The van der Waals surface area contributed by atoms with Gasteiger partial charge in [0, 0.05) is 16.3 Å². The van der Waals surface area contributed by atoms with Gasteiger partial charge in [-0.3, -0.25) is 9.59 Å². The summed E-state index contributed by atoms with van der Waals surface area (Å²) in [6, 6.07) is 27.1. The number of ether oxygens (including phenoxy) is 1. The SMILES string of the molecule is COc1ccc(C(=O)N/C(=C\c2cccc3ccccc23)C(=O)Nc2ccc(Cl)cc2)cc1. The summed E-state index contributed by atoms with van der Waals surface area (Å²) in [6.45, 7) is 0. The Morgan fingerprint density at radius 2 is 1.55 bits per heavy atom. The van der Waals surface area contributed by atoms with Gasteiger partial charge in [-0.1, -0.05) is 54.1 Å². The van der Waals surface area contributed by atoms with Crippen molar-refractivity contribution in [3.8, 4) is 5.75 Å². The molecule has 0 bridgehead atoms. The number of amides is 2. The van der Waals surface area contributed by atoms with Crippen LogP contribution in [-0.4, -0.2) is 18.9 Å². The zero-order chi connectivity index (χ0) is 23.2. The largest absolute Gasteiger partial charge is 0.497 e. The van der Waals surface area contributed by atoms with Crippen molar-refractivity contribution in [3.05, 3.63) is 113 Å². The number of hydrogen-bond donors (Lipinski definition) is 2. The van der Waals surface area contributed by atoms with Crippen molar-refractivity contribution >= 4 is 46.0 Å². The van der Waals surface area contributed by atoms with Crippen molar-refractivity contribution < 1.29 is 14.3 Å². The maximum atomic E-state index is 13.2. The molecule has 0 aliphatic carbocycles. The molecule has 0 aromatic heterocycles. The summed E-state index contributed by atoms with van der Waals surface area (Å²) in [6.07, 6.45) is 1.68. The molecule has 4 aromatic rings. The lowest BCUT2D eigenvalue weighted by Gasteiger charge is -2.12. The number of hydrogen-bond acceptors (Lipinski definition) is 3. The minimum Gasteiger partial charge on any atom is -0.497 e. The Bertz CT molecular complexity index is 1320. The van der Waals surface area contributed by atoms with Crippen molar-refractivity contribution in [2.45, 2.75) is 0 Å². The highest BCUT2D eigenvalue weighted by Gasteiger charge is 2.16. The van der Waals surface area contributed by atoms with E-state index in [1.807, 2.05) is 42.5 Å². The van der Waals surface area contributed by atoms with E-state index in [1.54, 1.807) is 61.7 Å². The van der Waals surface area contributed by atoms with Gasteiger partial charge in [-0.25, -0.2) is 0 Å². The normalized spacial score (nSPS) is 11.2. The first-order valence-electron chi connectivity index (χ1n) is 10.3. The van der Waals surface area contributed by atoms with E-state index in [2.05, 4.69) is 10.6 Å². The first-order valence-corrected chi connectivity index (χ1v) is 10.6. The van der Waals surface area contributed by atoms with Crippen molar-refractivity contribution in [1.82, 2.24) is 5.32 Å². The van der Waals surface area contributed by atoms with Gasteiger partial charge in [-0.2, -0.15) is 0 Å². The molecule has 4 rings (SSSR count). The topological polar surface area (TPSA) is 67.4 Å². The predicted octanol–water partition coefficient (Wildman–Crippen LogP) is 5.91. The number of benzene rings is 4. The number of methoxy groups -OCH3 is 1. The fourth-order valence-electron chi connectivity index (χ4n) is 3.36. The molecule has 164 valence electrons. The highest BCUT2D eigenvalue weighted by Crippen LogP contribution is 2.22. The smallest absolute Gasteiger partial charge is 0.272 e. The molecule has 0 spiro atoms. The van der Waals surface area contributed by atoms with Crippen LogP contribution in [0.1, 0.15) is 15.9 Å². The van der Waals surface area contributed by atoms with Crippen LogP contribution in [0.2, 0.25) is 5.02 Å². The maximum absolute atomic E-state index is 13.2. The molecular weight excluding hydrogens is 436 g/mol. The van der Waals surface area contributed by atoms with Gasteiger partial charge >= 0.3 is 0 Å². The van der Waals surface area contributed by atoms with Crippen molar-refractivity contribution in [2.24, 2.45) is 0 Å². The zero-order valence-corrected chi connectivity index (χ0v) is 18.6. The molecule has 0 unspecified atom stereocenters. The standard InChI is InChI=1S/C27H21ClN2O3/c1-33-23-15-9-19(10-16-23)26(31)30-25(27(32)29-22-13-11-21(28)12-14-22)17-20-7-4-6-18-5-2-3-8-24(18)20/h2-17H,1H3,(H,29,32)(H,30,31)/b25-17-. The second-order valence-electron chi connectivity index (χ2n) is 7.27. The van der Waals surface area contributed by atoms with Gasteiger partial charge in [-0.05, 0) is 70.9 Å². The molecule has 0 radical (unpaired) electrons. The Morgan fingerprint density at radius 3 is 2.27 bits per heavy atom. The number of fused-ring (bicyclic) bond motifs is 1. The van der Waals surface area contributed by atoms with E-state index < -0.39 is 11.8 Å². The molecule has 0 aliphatic rings. The molecule has 2 amide bonds. The molecule has 0 atom stereocenters. The zero-order valence-electron chi connectivity index (χ0n) is 17.8. The van der Waals surface area contributed by atoms with E-state index in [1.165, 1.54) is 0 Å². The average molecular weight is 457 g/mol. The van der Waals surface area contributed by atoms with E-state index in [0.29, 0.717) is 22.0 Å². The van der Waals surface area contributed by atoms with Crippen molar-refractivity contribution in [2.75, 3.05) is 12.4 Å². The second-order valence-corrected chi connectivity index (χ2v) is 7.71. The van der Waals surface area contributed by atoms with E-state index in [4.69, 9.17) is 16.3 Å². The highest BCUT2D eigenvalue weighted by atomic mass is 35.5. The van der Waals surface area contributed by atoms with Crippen molar-refractivity contribution in [1.29, 1.82) is 0 Å². The van der Waals surface area contributed by atoms with Gasteiger partial charge in [-0.15, -0.1) is 0 Å². The van der Waals surface area contributed by atoms with Gasteiger partial charge in [0.1, 0.15) is 11.4 Å². The fourth-order valence-corrected chi connectivity index (χ4v) is 3.48. The van der Waals surface area contributed by atoms with Crippen LogP contribution in [0.15, 0.2) is 96.7 Å². The number of halogens is 1. The van der Waals surface area contributed by atoms with Crippen molar-refractivity contribution in [3.63, 3.8) is 0 Å². The lowest BCUT2D eigenvalue weighted by atomic mass is 10.0. The lowest BCUT2D eigenvalue weighted by Crippen LogP contribution is -2.30. The molecule has 6 heteroatoms. The minimum absolute atomic E-state index is 0.113. The van der Waals surface area contributed by atoms with Crippen LogP contribution in [0.25, 0.3) is 16.8 Å². The van der Waals surface area contributed by atoms with E-state index in [-0.39, 0.29) is 5.70 Å². The maximum Gasteiger partial charge on any atom is 0.272 e. The molecule has 0 heterocycles. The number of nitrogens with one attached hydrogen (secondary N) is 2. The van der Waals surface area contributed by atoms with Crippen LogP contribution in [0.4, 0.5) is 5.69 Å². The Morgan fingerprint density at radius 1 is 0.848 bits per heavy atom. The monoisotopic (exact) mass is 456 g/mol. The number of rotatable bonds is 6. The molecule has 2 N–H and O–H groups in total. The van der Waals surface area contributed by atoms with Crippen LogP contribution >= 0.6 is 11.6 Å². The molecular formula is C27H21ClN2O3. The highest BCUT2D eigenvalue weighted by molar-refractivity contribution is 6.30. The van der Waals surface area contributed by atoms with Crippen LogP contribution in [0.5, 0.6) is 5.75 Å². The minimum atomic E-state index is -0.452. The predicted molar refractivity (Wildman–Crippen MR) is 132 cm³/mol. The lowest BCUT2D eigenvalue weighted by molar-refractivity contribution is -0.113. The summed E-state index contributed by atoms with van der Waals surface area (Å²) in [5, 5.41) is 8.13. The Kier molecular flexibility index (Phi) is 6.72. The quantitative estimate of drug-likeness (QED) is 0.354. The summed E-state index contributed by atoms with van der Waals surface area (Å²) in [4.78, 5) is 26.1. The number of anilines is 1. The summed E-state index contributed by atoms with van der Waals surface area (Å²) in [5.41, 5.74) is 1.89. The van der Waals surface area contributed by atoms with Crippen LogP contribution < -0.4 is 15.4 Å². The van der Waals surface area contributed by atoms with Crippen LogP contribution in [-0.2, 0) is 4.79 Å². The summed E-state index contributed by atoms with van der Waals surface area (Å²) in [7, 11) is 1.56. The second kappa shape index (κ2) is 10.0. The van der Waals surface area contributed by atoms with Gasteiger partial charge in [0.05, 0.1) is 7.11 Å². The Hall–Kier alpha value is -4.09. The third kappa shape index (κ3) is 5.40. The molecule has 0 saturated carbocycles. The molecule has 0 aliphatic heterocycles. The Balaban J connectivity index is 1.69. The third-order valence-corrected chi connectivity index (χ3v) is 5.32. The van der Waals surface area contributed by atoms with E-state index in [9.17, 15) is 9.59 Å². The first kappa shape index (κ1) is 22.1. The van der Waals surface area contributed by atoms with Gasteiger partial charge in [0.15, 0.2) is 0 Å². The summed E-state index contributed by atoms with van der Waals surface area (Å²) >= 11 is 5.94. The average Bonchev–Trinajstić information content (AvgIpc) is 2.85. The van der Waals surface area contributed by atoms with E-state index in [0.717, 1.165) is 16.3 Å². The molecule has 0 saturated heterocycles. The summed E-state index contributed by atoms with van der Waals surface area (Å²) < 4.78 is 5.15. The van der Waals surface area contributed by atoms with Gasteiger partial charge in [0.25, 0.3) is 11.8 Å². The number of carbonyl (C=O) groups is 2. The van der Waals surface area contributed by atoms with Gasteiger partial charge < -0.3 is 15.4 Å². The molecule has 33 heavy (non-hydrogen) atoms. The number of carbonyl (C=O) groups excluding carboxylic acids is 2. The third-order valence-electron chi connectivity index (χ3n) is 5.07. The molecule has 0 fully saturated rings. The first-order chi connectivity index (χ1) is 16.0. The molecule has 5 nitrogen and oxygen atoms in total. The Labute approximate surface area is 196 Å². The summed E-state index contributed by atoms with van der Waals surface area (Å²) in [5.74, 6) is -0.221. The van der Waals surface area contributed by atoms with Crippen LogP contribution in [0, 0.1) is 0 Å². The van der Waals surface area contributed by atoms with Crippen LogP contribution in [0.3, 0.4) is 0 Å². The van der Waals surface area contributed by atoms with E-state index >= 15 is 0 Å². The fraction of sp³-hybridized carbons (Fsp3) is 0.0370. The van der Waals surface area contributed by atoms with Gasteiger partial charge in [0.2, 0.25) is 0 Å².